The van der Waals surface area contributed by atoms with Crippen molar-refractivity contribution < 1.29 is 41.3 Å². The predicted molar refractivity (Wildman–Crippen MR) is 166 cm³/mol. The van der Waals surface area contributed by atoms with E-state index in [9.17, 15) is 13.2 Å². The Bertz CT molecular complexity index is 2300. The first-order valence-corrected chi connectivity index (χ1v) is 13.7. The molecule has 12 nitrogen and oxygen atoms in total. The first-order chi connectivity index (χ1) is 25.6. The molecule has 13 heteroatoms. The second-order valence-electron chi connectivity index (χ2n) is 8.74. The maximum Gasteiger partial charge on any atom is 0.306 e. The summed E-state index contributed by atoms with van der Waals surface area (Å²) in [6.45, 7) is -6.42. The highest BCUT2D eigenvalue weighted by atomic mass is 32.2. The molecule has 0 aliphatic carbocycles. The quantitative estimate of drug-likeness (QED) is 0.139. The molecule has 42 heavy (non-hydrogen) atoms. The van der Waals surface area contributed by atoms with Crippen LogP contribution >= 0.6 is 0 Å². The zero-order valence-corrected chi connectivity index (χ0v) is 23.4. The zero-order valence-electron chi connectivity index (χ0n) is 36.6. The van der Waals surface area contributed by atoms with Crippen molar-refractivity contribution in [3.8, 4) is 17.0 Å². The summed E-state index contributed by atoms with van der Waals surface area (Å²) in [5.41, 5.74) is -0.724. The van der Waals surface area contributed by atoms with Crippen molar-refractivity contribution in [2.75, 3.05) is 63.0 Å². The predicted octanol–water partition coefficient (Wildman–Crippen LogP) is 3.81. The Labute approximate surface area is 265 Å². The highest BCUT2D eigenvalue weighted by molar-refractivity contribution is 7.86. The molecular weight excluding hydrogens is 558 g/mol. The number of nitrogens with one attached hydrogen (secondary N) is 2. The number of hydrogen-bond donors (Lipinski definition) is 2. The maximum atomic E-state index is 13.1. The van der Waals surface area contributed by atoms with Crippen LogP contribution in [0.25, 0.3) is 22.2 Å². The number of likely N-dealkylation sites (N-methyl/N-ethyl adjacent to an activating group) is 2. The summed E-state index contributed by atoms with van der Waals surface area (Å²) in [4.78, 5) is 23.3. The second-order valence-corrected chi connectivity index (χ2v) is 10.3. The van der Waals surface area contributed by atoms with Crippen molar-refractivity contribution >= 4 is 49.9 Å². The minimum atomic E-state index is -4.17. The van der Waals surface area contributed by atoms with Gasteiger partial charge in [0.25, 0.3) is 5.91 Å². The molecule has 4 rings (SSSR count). The second kappa shape index (κ2) is 12.5. The van der Waals surface area contributed by atoms with E-state index in [0.29, 0.717) is 15.7 Å². The third-order valence-electron chi connectivity index (χ3n) is 5.66. The van der Waals surface area contributed by atoms with Crippen molar-refractivity contribution in [3.63, 3.8) is 0 Å². The molecule has 0 radical (unpaired) electrons. The Morgan fingerprint density at radius 2 is 2.00 bits per heavy atom. The number of methoxy groups -OCH3 is 1. The number of ether oxygens (including phenoxy) is 1. The maximum absolute atomic E-state index is 13.1. The molecule has 2 aromatic heterocycles. The van der Waals surface area contributed by atoms with Crippen LogP contribution in [0.1, 0.15) is 19.2 Å². The van der Waals surface area contributed by atoms with Gasteiger partial charge in [-0.15, -0.1) is 0 Å². The minimum Gasteiger partial charge on any atom is -0.494 e. The van der Waals surface area contributed by atoms with Gasteiger partial charge in [0.2, 0.25) is 5.95 Å². The Kier molecular flexibility index (Phi) is 4.98. The van der Waals surface area contributed by atoms with Crippen LogP contribution in [0.2, 0.25) is 0 Å². The SMILES string of the molecule is [2H]c1c([2H])c([2H])c2c(c1[2H])c(-c1ccnc(Nc3cc(NC(=O)C(=C)OS(C)(=O)=O)c(N(C)CCN(C([2H])([2H])[2H])C([2H])([2H])[2H])cc3OC)n1)c([2H])n2C([2H])([2H])[2H]. The van der Waals surface area contributed by atoms with Crippen molar-refractivity contribution in [3.05, 3.63) is 67.1 Å². The molecule has 0 atom stereocenters. The Hall–Kier alpha value is -4.62. The highest BCUT2D eigenvalue weighted by Crippen LogP contribution is 2.38. The number of amides is 1. The van der Waals surface area contributed by atoms with E-state index in [1.165, 1.54) is 43.5 Å². The first kappa shape index (κ1) is 16.7. The van der Waals surface area contributed by atoms with Crippen LogP contribution < -0.4 is 20.3 Å². The molecule has 0 bridgehead atoms. The van der Waals surface area contributed by atoms with E-state index in [1.54, 1.807) is 0 Å². The van der Waals surface area contributed by atoms with Crippen LogP contribution in [-0.2, 0) is 26.1 Å². The van der Waals surface area contributed by atoms with Gasteiger partial charge in [0.1, 0.15) is 5.75 Å². The van der Waals surface area contributed by atoms with Crippen molar-refractivity contribution in [1.82, 2.24) is 19.4 Å². The first-order valence-electron chi connectivity index (χ1n) is 18.9. The number of benzene rings is 2. The zero-order chi connectivity index (χ0) is 42.5. The lowest BCUT2D eigenvalue weighted by Gasteiger charge is -2.26. The molecule has 2 heterocycles. The third kappa shape index (κ3) is 7.17. The van der Waals surface area contributed by atoms with Gasteiger partial charge >= 0.3 is 10.1 Å². The van der Waals surface area contributed by atoms with Crippen LogP contribution in [0.15, 0.2) is 67.1 Å². The molecule has 0 spiro atoms. The highest BCUT2D eigenvalue weighted by Gasteiger charge is 2.20. The van der Waals surface area contributed by atoms with E-state index in [4.69, 9.17) is 23.9 Å². The molecule has 0 unspecified atom stereocenters. The fourth-order valence-electron chi connectivity index (χ4n) is 3.78. The van der Waals surface area contributed by atoms with E-state index in [-0.39, 0.29) is 51.9 Å². The molecule has 2 N–H and O–H groups in total. The summed E-state index contributed by atoms with van der Waals surface area (Å²) in [6, 6.07) is 1.28. The summed E-state index contributed by atoms with van der Waals surface area (Å²) in [5.74, 6) is -2.11. The van der Waals surface area contributed by atoms with E-state index in [1.807, 2.05) is 0 Å². The normalized spacial score (nSPS) is 17.1. The van der Waals surface area contributed by atoms with Gasteiger partial charge in [-0.05, 0) is 38.7 Å². The number of nitrogens with zero attached hydrogens (tertiary/aromatic N) is 5. The van der Waals surface area contributed by atoms with Crippen LogP contribution in [0.4, 0.5) is 23.0 Å². The average molecular weight is 608 g/mol. The van der Waals surface area contributed by atoms with Gasteiger partial charge in [-0.25, -0.2) is 9.97 Å². The topological polar surface area (TPSA) is 131 Å². The largest absolute Gasteiger partial charge is 0.494 e. The molecule has 1 amide bonds. The molecule has 0 fully saturated rings. The smallest absolute Gasteiger partial charge is 0.306 e. The molecule has 0 aliphatic heterocycles. The number of aromatic nitrogens is 3. The molecule has 0 saturated heterocycles. The van der Waals surface area contributed by atoms with E-state index >= 15 is 0 Å². The number of rotatable bonds is 12. The van der Waals surface area contributed by atoms with Crippen molar-refractivity contribution in [2.24, 2.45) is 6.98 Å². The fourth-order valence-corrected chi connectivity index (χ4v) is 4.22. The Balaban J connectivity index is 1.85. The summed E-state index contributed by atoms with van der Waals surface area (Å²) in [6.07, 6.45) is 1.23. The van der Waals surface area contributed by atoms with Crippen LogP contribution in [0.3, 0.4) is 0 Å². The number of carbonyl (C=O) groups excluding carboxylic acids is 1. The summed E-state index contributed by atoms with van der Waals surface area (Å²) < 4.78 is 146. The molecule has 222 valence electrons. The summed E-state index contributed by atoms with van der Waals surface area (Å²) >= 11 is 0. The lowest BCUT2D eigenvalue weighted by Crippen LogP contribution is -2.29. The van der Waals surface area contributed by atoms with Gasteiger partial charge in [-0.1, -0.05) is 18.1 Å². The Morgan fingerprint density at radius 1 is 1.21 bits per heavy atom. The summed E-state index contributed by atoms with van der Waals surface area (Å²) in [7, 11) is -1.45. The molecule has 4 aromatic rings. The lowest BCUT2D eigenvalue weighted by molar-refractivity contribution is -0.114. The van der Waals surface area contributed by atoms with Gasteiger partial charge in [0, 0.05) is 74.4 Å². The number of carbonyl (C=O) groups is 1. The molecule has 0 saturated carbocycles. The minimum absolute atomic E-state index is 0.0382. The van der Waals surface area contributed by atoms with Gasteiger partial charge < -0.3 is 33.9 Å². The number of hydrogen-bond acceptors (Lipinski definition) is 10. The van der Waals surface area contributed by atoms with Crippen LogP contribution in [0, 0.1) is 0 Å². The standard InChI is InChI=1S/C29H35N7O5S/c1-19(41-42(7,38)39)28(37)31-23-16-24(27(40-6)17-26(23)35(4)15-14-34(2)3)33-29-30-13-12-22(32-29)21-18-36(5)25-11-9-8-10-20(21)25/h8-13,16-18H,1,14-15H2,2-7H3,(H,31,37)(H,30,32,33)/i2D3,3D3,5D3,8D,9D,10D,11D,18D. The van der Waals surface area contributed by atoms with E-state index in [0.717, 1.165) is 0 Å². The van der Waals surface area contributed by atoms with Crippen molar-refractivity contribution in [1.29, 1.82) is 0 Å². The van der Waals surface area contributed by atoms with Gasteiger partial charge in [-0.3, -0.25) is 4.79 Å². The fraction of sp³-hybridized carbons (Fsp3) is 0.276. The molecular formula is C29H35N7O5S. The lowest BCUT2D eigenvalue weighted by atomic mass is 10.1. The number of aryl methyl sites for hydroxylation is 1. The monoisotopic (exact) mass is 607 g/mol. The third-order valence-corrected chi connectivity index (χ3v) is 6.17. The van der Waals surface area contributed by atoms with Crippen LogP contribution in [0.5, 0.6) is 5.75 Å². The van der Waals surface area contributed by atoms with E-state index < -0.39 is 85.1 Å². The van der Waals surface area contributed by atoms with Crippen LogP contribution in [-0.4, -0.2) is 81.2 Å². The van der Waals surface area contributed by atoms with Gasteiger partial charge in [0.15, 0.2) is 5.76 Å². The average Bonchev–Trinajstić information content (AvgIpc) is 3.38. The van der Waals surface area contributed by atoms with Gasteiger partial charge in [0.05, 0.1) is 43.0 Å². The number of para-hydroxylation sites is 1. The molecule has 2 aromatic carbocycles. The van der Waals surface area contributed by atoms with E-state index in [2.05, 4.69) is 31.4 Å². The number of anilines is 4. The number of fused-ring (bicyclic) bond motifs is 1. The van der Waals surface area contributed by atoms with Crippen molar-refractivity contribution in [2.45, 2.75) is 0 Å². The summed E-state index contributed by atoms with van der Waals surface area (Å²) in [5, 5.41) is 5.04. The Morgan fingerprint density at radius 3 is 2.71 bits per heavy atom. The van der Waals surface area contributed by atoms with Gasteiger partial charge in [-0.2, -0.15) is 8.42 Å². The molecule has 0 aliphatic rings.